The van der Waals surface area contributed by atoms with E-state index in [4.69, 9.17) is 27.2 Å². The van der Waals surface area contributed by atoms with Crippen molar-refractivity contribution in [3.63, 3.8) is 0 Å². The van der Waals surface area contributed by atoms with Crippen LogP contribution in [0.1, 0.15) is 18.1 Å². The molecular formula is C16H22ClN3O3. The molecule has 23 heavy (non-hydrogen) atoms. The van der Waals surface area contributed by atoms with Crippen molar-refractivity contribution in [2.45, 2.75) is 30.7 Å². The molecule has 4 N–H and O–H groups in total. The number of fused-ring (bicyclic) bond motifs is 1. The van der Waals surface area contributed by atoms with Gasteiger partial charge in [0.05, 0.1) is 19.3 Å². The fourth-order valence-corrected chi connectivity index (χ4v) is 3.37. The van der Waals surface area contributed by atoms with Crippen LogP contribution in [0.15, 0.2) is 24.3 Å². The monoisotopic (exact) mass is 339 g/mol. The zero-order chi connectivity index (χ0) is 16.4. The lowest BCUT2D eigenvalue weighted by Crippen LogP contribution is -2.48. The van der Waals surface area contributed by atoms with Gasteiger partial charge >= 0.3 is 0 Å². The highest BCUT2D eigenvalue weighted by molar-refractivity contribution is 6.30. The second-order valence-electron chi connectivity index (χ2n) is 6.21. The van der Waals surface area contributed by atoms with Gasteiger partial charge in [0.15, 0.2) is 0 Å². The Balaban J connectivity index is 1.57. The minimum absolute atomic E-state index is 0.0256. The summed E-state index contributed by atoms with van der Waals surface area (Å²) in [6.45, 7) is 1.88. The minimum Gasteiger partial charge on any atom is -0.394 e. The summed E-state index contributed by atoms with van der Waals surface area (Å²) in [6.07, 6.45) is 0.870. The van der Waals surface area contributed by atoms with Gasteiger partial charge in [0.1, 0.15) is 6.04 Å². The quantitative estimate of drug-likeness (QED) is 0.734. The number of amides is 1. The van der Waals surface area contributed by atoms with Crippen molar-refractivity contribution in [1.29, 1.82) is 0 Å². The molecule has 0 radical (unpaired) electrons. The predicted octanol–water partition coefficient (Wildman–Crippen LogP) is 0.290. The van der Waals surface area contributed by atoms with Gasteiger partial charge in [-0.15, -0.1) is 0 Å². The summed E-state index contributed by atoms with van der Waals surface area (Å²) in [5.74, 6) is -0.299. The van der Waals surface area contributed by atoms with E-state index in [9.17, 15) is 4.79 Å². The zero-order valence-corrected chi connectivity index (χ0v) is 13.6. The highest BCUT2D eigenvalue weighted by Gasteiger charge is 2.38. The van der Waals surface area contributed by atoms with Crippen LogP contribution in [0, 0.1) is 0 Å². The number of carbonyl (C=O) groups excluding carboxylic acids is 1. The number of benzene rings is 1. The molecule has 0 aliphatic carbocycles. The molecular weight excluding hydrogens is 318 g/mol. The Bertz CT molecular complexity index is 554. The van der Waals surface area contributed by atoms with E-state index in [1.54, 1.807) is 0 Å². The molecule has 2 heterocycles. The Morgan fingerprint density at radius 2 is 2.17 bits per heavy atom. The van der Waals surface area contributed by atoms with Crippen LogP contribution in [0.4, 0.5) is 0 Å². The van der Waals surface area contributed by atoms with Gasteiger partial charge in [-0.05, 0) is 24.1 Å². The lowest BCUT2D eigenvalue weighted by molar-refractivity contribution is -0.123. The van der Waals surface area contributed by atoms with E-state index in [1.165, 1.54) is 0 Å². The van der Waals surface area contributed by atoms with Crippen molar-refractivity contribution in [3.8, 4) is 0 Å². The van der Waals surface area contributed by atoms with Crippen molar-refractivity contribution in [2.75, 3.05) is 26.3 Å². The maximum atomic E-state index is 11.8. The first-order chi connectivity index (χ1) is 11.1. The van der Waals surface area contributed by atoms with Crippen LogP contribution in [0.3, 0.4) is 0 Å². The Morgan fingerprint density at radius 3 is 2.87 bits per heavy atom. The van der Waals surface area contributed by atoms with Crippen LogP contribution < -0.4 is 11.1 Å². The van der Waals surface area contributed by atoms with Crippen LogP contribution in [0.5, 0.6) is 0 Å². The maximum Gasteiger partial charge on any atom is 0.239 e. The van der Waals surface area contributed by atoms with Crippen LogP contribution >= 0.6 is 11.6 Å². The Hall–Kier alpha value is -1.18. The second-order valence-corrected chi connectivity index (χ2v) is 6.65. The fraction of sp³-hybridized carbons (Fsp3) is 0.562. The highest BCUT2D eigenvalue weighted by Crippen LogP contribution is 2.30. The van der Waals surface area contributed by atoms with Crippen molar-refractivity contribution >= 4 is 17.5 Å². The topological polar surface area (TPSA) is 87.8 Å². The van der Waals surface area contributed by atoms with Crippen molar-refractivity contribution in [2.24, 2.45) is 5.73 Å². The standard InChI is InChI=1S/C16H22ClN3O3/c17-11-3-1-10(2-4-11)15-7-20-6-12(5-13(20)9-23-15)19-16(22)14(18)8-21/h1-4,12-15,21H,5-9,18H2,(H,19,22)/t12-,13-,14-,15+/m0/s1. The molecule has 126 valence electrons. The first-order valence-electron chi connectivity index (χ1n) is 7.84. The maximum absolute atomic E-state index is 11.8. The van der Waals surface area contributed by atoms with Crippen molar-refractivity contribution < 1.29 is 14.6 Å². The number of aliphatic hydroxyl groups is 1. The van der Waals surface area contributed by atoms with E-state index in [2.05, 4.69) is 10.2 Å². The average Bonchev–Trinajstić information content (AvgIpc) is 2.95. The fourth-order valence-electron chi connectivity index (χ4n) is 3.25. The van der Waals surface area contributed by atoms with Crippen LogP contribution in [0.25, 0.3) is 0 Å². The number of rotatable bonds is 4. The van der Waals surface area contributed by atoms with Gasteiger partial charge in [-0.3, -0.25) is 9.69 Å². The molecule has 6 nitrogen and oxygen atoms in total. The van der Waals surface area contributed by atoms with E-state index in [0.29, 0.717) is 17.7 Å². The van der Waals surface area contributed by atoms with Gasteiger partial charge in [-0.1, -0.05) is 23.7 Å². The van der Waals surface area contributed by atoms with Gasteiger partial charge in [0.25, 0.3) is 0 Å². The molecule has 1 aromatic carbocycles. The summed E-state index contributed by atoms with van der Waals surface area (Å²) in [6, 6.07) is 7.23. The van der Waals surface area contributed by atoms with E-state index in [0.717, 1.165) is 25.1 Å². The minimum atomic E-state index is -0.856. The van der Waals surface area contributed by atoms with Crippen LogP contribution in [0.2, 0.25) is 5.02 Å². The summed E-state index contributed by atoms with van der Waals surface area (Å²) in [5.41, 5.74) is 6.65. The number of nitrogens with one attached hydrogen (secondary N) is 1. The number of nitrogens with two attached hydrogens (primary N) is 1. The third kappa shape index (κ3) is 3.84. The third-order valence-electron chi connectivity index (χ3n) is 4.54. The van der Waals surface area contributed by atoms with Gasteiger partial charge in [0.2, 0.25) is 5.91 Å². The summed E-state index contributed by atoms with van der Waals surface area (Å²) in [4.78, 5) is 14.1. The van der Waals surface area contributed by atoms with E-state index in [-0.39, 0.29) is 24.7 Å². The lowest BCUT2D eigenvalue weighted by Gasteiger charge is -2.35. The number of carbonyl (C=O) groups is 1. The number of hydrogen-bond donors (Lipinski definition) is 3. The molecule has 1 aromatic rings. The molecule has 4 atom stereocenters. The van der Waals surface area contributed by atoms with E-state index >= 15 is 0 Å². The molecule has 7 heteroatoms. The van der Waals surface area contributed by atoms with Crippen molar-refractivity contribution in [1.82, 2.24) is 10.2 Å². The highest BCUT2D eigenvalue weighted by atomic mass is 35.5. The second kappa shape index (κ2) is 7.15. The number of ether oxygens (including phenoxy) is 1. The number of aliphatic hydroxyl groups excluding tert-OH is 1. The summed E-state index contributed by atoms with van der Waals surface area (Å²) in [5, 5.41) is 12.6. The molecule has 2 aliphatic rings. The van der Waals surface area contributed by atoms with Crippen LogP contribution in [-0.2, 0) is 9.53 Å². The summed E-state index contributed by atoms with van der Waals surface area (Å²) in [7, 11) is 0. The largest absolute Gasteiger partial charge is 0.394 e. The molecule has 1 amide bonds. The summed E-state index contributed by atoms with van der Waals surface area (Å²) < 4.78 is 5.98. The van der Waals surface area contributed by atoms with Gasteiger partial charge in [0, 0.05) is 30.2 Å². The first-order valence-corrected chi connectivity index (χ1v) is 8.22. The molecule has 2 saturated heterocycles. The third-order valence-corrected chi connectivity index (χ3v) is 4.79. The van der Waals surface area contributed by atoms with Gasteiger partial charge in [-0.2, -0.15) is 0 Å². The molecule has 0 aromatic heterocycles. The molecule has 2 fully saturated rings. The van der Waals surface area contributed by atoms with E-state index in [1.807, 2.05) is 24.3 Å². The number of hydrogen-bond acceptors (Lipinski definition) is 5. The molecule has 0 saturated carbocycles. The van der Waals surface area contributed by atoms with Gasteiger partial charge < -0.3 is 20.9 Å². The Morgan fingerprint density at radius 1 is 1.43 bits per heavy atom. The van der Waals surface area contributed by atoms with Gasteiger partial charge in [-0.25, -0.2) is 0 Å². The summed E-state index contributed by atoms with van der Waals surface area (Å²) >= 11 is 5.93. The number of morpholine rings is 1. The Kier molecular flexibility index (Phi) is 5.18. The average molecular weight is 340 g/mol. The molecule has 3 rings (SSSR count). The van der Waals surface area contributed by atoms with E-state index < -0.39 is 6.04 Å². The number of halogens is 1. The molecule has 0 bridgehead atoms. The molecule has 2 aliphatic heterocycles. The molecule has 0 spiro atoms. The SMILES string of the molecule is N[C@@H](CO)C(=O)N[C@H]1C[C@H]2CO[C@@H](c3ccc(Cl)cc3)CN2C1. The lowest BCUT2D eigenvalue weighted by atomic mass is 10.1. The molecule has 0 unspecified atom stereocenters. The van der Waals surface area contributed by atoms with Crippen LogP contribution in [-0.4, -0.2) is 60.3 Å². The van der Waals surface area contributed by atoms with Crippen molar-refractivity contribution in [3.05, 3.63) is 34.9 Å². The normalized spacial score (nSPS) is 29.1. The predicted molar refractivity (Wildman–Crippen MR) is 87.1 cm³/mol. The smallest absolute Gasteiger partial charge is 0.239 e. The zero-order valence-electron chi connectivity index (χ0n) is 12.8. The number of nitrogens with zero attached hydrogens (tertiary/aromatic N) is 1. The Labute approximate surface area is 140 Å². The first kappa shape index (κ1) is 16.7.